The first kappa shape index (κ1) is 8.21. The van der Waals surface area contributed by atoms with E-state index in [-0.39, 0.29) is 0 Å². The summed E-state index contributed by atoms with van der Waals surface area (Å²) >= 11 is 0. The molecule has 0 aliphatic carbocycles. The van der Waals surface area contributed by atoms with Gasteiger partial charge in [-0.2, -0.15) is 0 Å². The Balaban J connectivity index is 2.90. The van der Waals surface area contributed by atoms with Crippen LogP contribution in [0.25, 0.3) is 0 Å². The van der Waals surface area contributed by atoms with Crippen molar-refractivity contribution in [3.8, 4) is 0 Å². The van der Waals surface area contributed by atoms with Crippen molar-refractivity contribution in [2.45, 2.75) is 13.5 Å². The van der Waals surface area contributed by atoms with Gasteiger partial charge in [-0.3, -0.25) is 0 Å². The van der Waals surface area contributed by atoms with Crippen molar-refractivity contribution in [3.63, 3.8) is 0 Å². The second kappa shape index (κ2) is 3.48. The van der Waals surface area contributed by atoms with Crippen molar-refractivity contribution in [1.29, 1.82) is 0 Å². The molecule has 0 aromatic heterocycles. The van der Waals surface area contributed by atoms with E-state index >= 15 is 0 Å². The molecule has 1 rings (SSSR count). The lowest BCUT2D eigenvalue weighted by molar-refractivity contribution is 0.107. The van der Waals surface area contributed by atoms with Crippen LogP contribution in [0.2, 0.25) is 6.55 Å². The molecule has 0 N–H and O–H groups in total. The van der Waals surface area contributed by atoms with E-state index in [2.05, 4.69) is 0 Å². The Bertz CT molecular complexity index is 251. The van der Waals surface area contributed by atoms with Gasteiger partial charge in [0.25, 0.3) is 0 Å². The fraction of sp³-hybridized carbons (Fsp3) is 0.222. The zero-order valence-electron chi connectivity index (χ0n) is 6.92. The van der Waals surface area contributed by atoms with E-state index in [0.29, 0.717) is 5.41 Å². The minimum absolute atomic E-state index is 0.352. The number of carbonyl (C=O) groups is 1. The lowest BCUT2D eigenvalue weighted by atomic mass is 10.2. The molecule has 0 fully saturated rings. The van der Waals surface area contributed by atoms with Gasteiger partial charge in [0.15, 0.2) is 0 Å². The molecule has 0 saturated heterocycles. The number of hydrogen-bond donors (Lipinski definition) is 0. The van der Waals surface area contributed by atoms with Crippen molar-refractivity contribution in [2.75, 3.05) is 0 Å². The molecule has 11 heavy (non-hydrogen) atoms. The summed E-state index contributed by atoms with van der Waals surface area (Å²) in [7, 11) is -0.511. The Hall–Kier alpha value is -0.893. The maximum absolute atomic E-state index is 11.2. The van der Waals surface area contributed by atoms with E-state index in [4.69, 9.17) is 0 Å². The van der Waals surface area contributed by atoms with Crippen LogP contribution in [-0.4, -0.2) is 14.9 Å². The highest BCUT2D eigenvalue weighted by Crippen LogP contribution is 2.02. The zero-order valence-corrected chi connectivity index (χ0v) is 8.34. The summed E-state index contributed by atoms with van der Waals surface area (Å²) in [5.41, 5.74) is 2.09. The molecule has 0 radical (unpaired) electrons. The average Bonchev–Trinajstić information content (AvgIpc) is 2.05. The molecule has 0 unspecified atom stereocenters. The maximum atomic E-state index is 11.2. The van der Waals surface area contributed by atoms with Gasteiger partial charge in [0, 0.05) is 5.56 Å². The number of hydrogen-bond acceptors (Lipinski definition) is 1. The quantitative estimate of drug-likeness (QED) is 0.603. The van der Waals surface area contributed by atoms with E-state index in [1.807, 2.05) is 37.7 Å². The Morgan fingerprint density at radius 1 is 1.27 bits per heavy atom. The largest absolute Gasteiger partial charge is 0.301 e. The topological polar surface area (TPSA) is 17.1 Å². The molecule has 1 nitrogen and oxygen atoms in total. The van der Waals surface area contributed by atoms with Crippen molar-refractivity contribution in [3.05, 3.63) is 35.4 Å². The molecule has 0 aliphatic rings. The highest BCUT2D eigenvalue weighted by atomic mass is 28.2. The van der Waals surface area contributed by atoms with Gasteiger partial charge in [0.2, 0.25) is 0 Å². The van der Waals surface area contributed by atoms with E-state index in [1.54, 1.807) is 0 Å². The molecule has 0 atom stereocenters. The molecule has 58 valence electrons. The number of rotatable bonds is 2. The SMILES string of the molecule is C[SiH2]C(=O)c1ccc(C)cc1. The predicted octanol–water partition coefficient (Wildman–Crippen LogP) is 1.35. The summed E-state index contributed by atoms with van der Waals surface area (Å²) in [4.78, 5) is 11.2. The third-order valence-corrected chi connectivity index (χ3v) is 2.75. The molecule has 0 bridgehead atoms. The summed E-state index contributed by atoms with van der Waals surface area (Å²) in [5.74, 6) is 0. The van der Waals surface area contributed by atoms with Crippen LogP contribution in [0.4, 0.5) is 0 Å². The second-order valence-corrected chi connectivity index (χ2v) is 3.99. The van der Waals surface area contributed by atoms with Gasteiger partial charge in [0.1, 0.15) is 14.9 Å². The van der Waals surface area contributed by atoms with E-state index in [9.17, 15) is 4.79 Å². The third kappa shape index (κ3) is 2.02. The smallest absolute Gasteiger partial charge is 0.132 e. The van der Waals surface area contributed by atoms with Crippen molar-refractivity contribution in [2.24, 2.45) is 0 Å². The molecule has 0 heterocycles. The molecule has 1 aromatic carbocycles. The van der Waals surface area contributed by atoms with Crippen molar-refractivity contribution in [1.82, 2.24) is 0 Å². The van der Waals surface area contributed by atoms with Crippen LogP contribution in [0.3, 0.4) is 0 Å². The first-order valence-electron chi connectivity index (χ1n) is 3.84. The zero-order chi connectivity index (χ0) is 8.27. The van der Waals surface area contributed by atoms with Crippen LogP contribution in [0.15, 0.2) is 24.3 Å². The summed E-state index contributed by atoms with van der Waals surface area (Å²) in [5, 5.41) is 0.352. The molecule has 0 amide bonds. The van der Waals surface area contributed by atoms with Gasteiger partial charge in [-0.15, -0.1) is 0 Å². The van der Waals surface area contributed by atoms with Crippen molar-refractivity contribution < 1.29 is 4.79 Å². The Morgan fingerprint density at radius 2 is 1.82 bits per heavy atom. The van der Waals surface area contributed by atoms with Crippen LogP contribution >= 0.6 is 0 Å². The fourth-order valence-corrected chi connectivity index (χ4v) is 1.59. The number of benzene rings is 1. The Kier molecular flexibility index (Phi) is 2.60. The summed E-state index contributed by atoms with van der Waals surface area (Å²) < 4.78 is 0. The van der Waals surface area contributed by atoms with E-state index < -0.39 is 9.52 Å². The van der Waals surface area contributed by atoms with Gasteiger partial charge in [-0.1, -0.05) is 36.4 Å². The molecule has 0 spiro atoms. The lowest BCUT2D eigenvalue weighted by Gasteiger charge is -1.96. The highest BCUT2D eigenvalue weighted by molar-refractivity contribution is 6.76. The first-order valence-corrected chi connectivity index (χ1v) is 5.96. The lowest BCUT2D eigenvalue weighted by Crippen LogP contribution is -2.04. The molecule has 0 saturated carbocycles. The summed E-state index contributed by atoms with van der Waals surface area (Å²) in [6, 6.07) is 7.79. The molecule has 0 aliphatic heterocycles. The van der Waals surface area contributed by atoms with Crippen LogP contribution < -0.4 is 0 Å². The second-order valence-electron chi connectivity index (χ2n) is 2.64. The van der Waals surface area contributed by atoms with Crippen molar-refractivity contribution >= 4 is 14.9 Å². The minimum atomic E-state index is -0.511. The molecular weight excluding hydrogens is 152 g/mol. The molecular formula is C9H12OSi. The number of carbonyl (C=O) groups excluding carboxylic acids is 1. The third-order valence-electron chi connectivity index (χ3n) is 1.69. The normalized spacial score (nSPS) is 10.7. The molecule has 1 aromatic rings. The fourth-order valence-electron chi connectivity index (χ4n) is 0.944. The number of aryl methyl sites for hydroxylation is 1. The van der Waals surface area contributed by atoms with E-state index in [1.165, 1.54) is 5.56 Å². The minimum Gasteiger partial charge on any atom is -0.301 e. The van der Waals surface area contributed by atoms with Crippen LogP contribution in [-0.2, 0) is 0 Å². The van der Waals surface area contributed by atoms with E-state index in [0.717, 1.165) is 5.56 Å². The van der Waals surface area contributed by atoms with Crippen LogP contribution in [0.1, 0.15) is 15.9 Å². The van der Waals surface area contributed by atoms with Crippen LogP contribution in [0, 0.1) is 6.92 Å². The first-order chi connectivity index (χ1) is 5.24. The maximum Gasteiger partial charge on any atom is 0.132 e. The van der Waals surface area contributed by atoms with Gasteiger partial charge in [-0.25, -0.2) is 0 Å². The monoisotopic (exact) mass is 164 g/mol. The Morgan fingerprint density at radius 3 is 2.27 bits per heavy atom. The van der Waals surface area contributed by atoms with Gasteiger partial charge in [-0.05, 0) is 6.92 Å². The van der Waals surface area contributed by atoms with Gasteiger partial charge >= 0.3 is 0 Å². The average molecular weight is 164 g/mol. The summed E-state index contributed by atoms with van der Waals surface area (Å²) in [6.45, 7) is 4.04. The van der Waals surface area contributed by atoms with Crippen LogP contribution in [0.5, 0.6) is 0 Å². The predicted molar refractivity (Wildman–Crippen MR) is 49.9 cm³/mol. The standard InChI is InChI=1S/C9H12OSi/c1-7-3-5-8(6-4-7)9(10)11-2/h3-6H,11H2,1-2H3. The van der Waals surface area contributed by atoms with Gasteiger partial charge < -0.3 is 4.79 Å². The molecule has 2 heteroatoms. The Labute approximate surface area is 69.3 Å². The summed E-state index contributed by atoms with van der Waals surface area (Å²) in [6.07, 6.45) is 0. The highest BCUT2D eigenvalue weighted by Gasteiger charge is 2.00. The van der Waals surface area contributed by atoms with Gasteiger partial charge in [0.05, 0.1) is 0 Å².